The first-order chi connectivity index (χ1) is 22.5. The fourth-order valence-corrected chi connectivity index (χ4v) is 5.53. The molecule has 1 aliphatic rings. The normalized spacial score (nSPS) is 14.4. The lowest BCUT2D eigenvalue weighted by Crippen LogP contribution is -2.53. The molecule has 1 saturated heterocycles. The van der Waals surface area contributed by atoms with Crippen LogP contribution < -0.4 is 26.9 Å². The van der Waals surface area contributed by atoms with Crippen LogP contribution in [0.15, 0.2) is 24.0 Å². The van der Waals surface area contributed by atoms with Gasteiger partial charge in [-0.25, -0.2) is 33.8 Å². The van der Waals surface area contributed by atoms with E-state index in [0.717, 1.165) is 19.0 Å². The summed E-state index contributed by atoms with van der Waals surface area (Å²) in [5.41, 5.74) is 6.77. The number of piperazine rings is 1. The number of hydrazine groups is 1. The Bertz CT molecular complexity index is 1680. The van der Waals surface area contributed by atoms with E-state index in [-0.39, 0.29) is 66.9 Å². The van der Waals surface area contributed by atoms with Gasteiger partial charge in [0.05, 0.1) is 33.7 Å². The topological polar surface area (TPSA) is 156 Å². The minimum atomic E-state index is -4.92. The number of carbonyl (C=O) groups is 1. The summed E-state index contributed by atoms with van der Waals surface area (Å²) < 4.78 is 90.4. The number of pyridine rings is 1. The predicted molar refractivity (Wildman–Crippen MR) is 169 cm³/mol. The molecule has 4 rings (SSSR count). The van der Waals surface area contributed by atoms with Crippen LogP contribution in [0.3, 0.4) is 0 Å². The van der Waals surface area contributed by atoms with E-state index >= 15 is 4.39 Å². The van der Waals surface area contributed by atoms with Crippen molar-refractivity contribution in [3.05, 3.63) is 46.0 Å². The molecule has 1 fully saturated rings. The van der Waals surface area contributed by atoms with Crippen LogP contribution in [0.25, 0.3) is 22.2 Å². The molecule has 0 aliphatic carbocycles. The van der Waals surface area contributed by atoms with Crippen LogP contribution in [0.2, 0.25) is 5.02 Å². The fourth-order valence-electron chi connectivity index (χ4n) is 5.25. The second-order valence-corrected chi connectivity index (χ2v) is 11.5. The Morgan fingerprint density at radius 1 is 1.15 bits per heavy atom. The van der Waals surface area contributed by atoms with Gasteiger partial charge in [-0.15, -0.1) is 0 Å². The summed E-state index contributed by atoms with van der Waals surface area (Å²) in [7, 11) is 1.88. The number of benzene rings is 1. The first-order valence-corrected chi connectivity index (χ1v) is 15.1. The quantitative estimate of drug-likeness (QED) is 0.118. The van der Waals surface area contributed by atoms with Crippen LogP contribution in [-0.2, 0) is 6.18 Å². The van der Waals surface area contributed by atoms with Gasteiger partial charge in [0.15, 0.2) is 5.82 Å². The minimum Gasteiger partial charge on any atom is -0.462 e. The summed E-state index contributed by atoms with van der Waals surface area (Å²) in [6.45, 7) is 4.84. The van der Waals surface area contributed by atoms with Gasteiger partial charge in [-0.1, -0.05) is 18.5 Å². The number of aromatic nitrogens is 3. The van der Waals surface area contributed by atoms with Gasteiger partial charge in [0, 0.05) is 38.1 Å². The highest BCUT2D eigenvalue weighted by atomic mass is 35.5. The van der Waals surface area contributed by atoms with Gasteiger partial charge in [-0.05, 0) is 44.6 Å². The molecule has 0 bridgehead atoms. The Morgan fingerprint density at radius 3 is 2.42 bits per heavy atom. The molecular weight excluding hydrogens is 670 g/mol. The minimum absolute atomic E-state index is 0.0359. The average Bonchev–Trinajstić information content (AvgIpc) is 3.00. The molecule has 0 atom stereocenters. The lowest BCUT2D eigenvalue weighted by Gasteiger charge is -2.36. The standard InChI is InChI=1S/C29H35ClF6N10O2/c1-4-5-43(3)10-11-48-27-41-23-16(13-17(30)20(22(23)31)24-21(29(34,35)36)15(2)12-19(38)40-24)26(42-27)44-6-8-45(9-7-44)28(47)46(39)14-18(37)25(32)33/h12-14,25H,4-11,37,39H2,1-3H3,(H2,38,40)/b18-14-. The predicted octanol–water partition coefficient (Wildman–Crippen LogP) is 4.60. The van der Waals surface area contributed by atoms with Crippen LogP contribution in [0, 0.1) is 12.7 Å². The van der Waals surface area contributed by atoms with Gasteiger partial charge in [0.2, 0.25) is 0 Å². The van der Waals surface area contributed by atoms with E-state index in [1.165, 1.54) is 17.9 Å². The highest BCUT2D eigenvalue weighted by Gasteiger charge is 2.39. The number of alkyl halides is 5. The molecule has 0 unspecified atom stereocenters. The number of anilines is 2. The summed E-state index contributed by atoms with van der Waals surface area (Å²) in [6, 6.07) is 1.22. The molecule has 12 nitrogen and oxygen atoms in total. The smallest absolute Gasteiger partial charge is 0.418 e. The van der Waals surface area contributed by atoms with Gasteiger partial charge in [-0.2, -0.15) is 23.1 Å². The van der Waals surface area contributed by atoms with Gasteiger partial charge >= 0.3 is 18.2 Å². The van der Waals surface area contributed by atoms with E-state index in [1.807, 2.05) is 18.9 Å². The summed E-state index contributed by atoms with van der Waals surface area (Å²) in [5, 5.41) is 0.105. The van der Waals surface area contributed by atoms with E-state index < -0.39 is 52.0 Å². The van der Waals surface area contributed by atoms with E-state index in [0.29, 0.717) is 17.8 Å². The highest BCUT2D eigenvalue weighted by Crippen LogP contribution is 2.44. The van der Waals surface area contributed by atoms with Gasteiger partial charge in [0.1, 0.15) is 23.8 Å². The van der Waals surface area contributed by atoms with Gasteiger partial charge in [-0.3, -0.25) is 0 Å². The first kappa shape index (κ1) is 36.5. The number of nitrogen functional groups attached to an aromatic ring is 1. The fraction of sp³-hybridized carbons (Fsp3) is 0.448. The van der Waals surface area contributed by atoms with E-state index in [2.05, 4.69) is 15.0 Å². The number of halogens is 7. The van der Waals surface area contributed by atoms with Crippen LogP contribution in [0.4, 0.5) is 42.8 Å². The number of carbonyl (C=O) groups excluding carboxylic acids is 1. The van der Waals surface area contributed by atoms with E-state index in [9.17, 15) is 26.7 Å². The average molecular weight is 705 g/mol. The number of fused-ring (bicyclic) bond motifs is 1. The van der Waals surface area contributed by atoms with Crippen LogP contribution >= 0.6 is 11.6 Å². The molecule has 48 heavy (non-hydrogen) atoms. The molecule has 0 saturated carbocycles. The maximum absolute atomic E-state index is 16.5. The Kier molecular flexibility index (Phi) is 11.3. The highest BCUT2D eigenvalue weighted by molar-refractivity contribution is 6.34. The first-order valence-electron chi connectivity index (χ1n) is 14.7. The molecule has 0 radical (unpaired) electrons. The maximum Gasteiger partial charge on any atom is 0.418 e. The van der Waals surface area contributed by atoms with Crippen molar-refractivity contribution in [3.63, 3.8) is 0 Å². The zero-order chi connectivity index (χ0) is 35.5. The molecule has 1 aliphatic heterocycles. The molecular formula is C29H35ClF6N10O2. The lowest BCUT2D eigenvalue weighted by molar-refractivity contribution is -0.137. The third-order valence-electron chi connectivity index (χ3n) is 7.52. The third kappa shape index (κ3) is 8.04. The molecule has 3 aromatic rings. The van der Waals surface area contributed by atoms with Crippen molar-refractivity contribution in [1.29, 1.82) is 0 Å². The molecule has 6 N–H and O–H groups in total. The second-order valence-electron chi connectivity index (χ2n) is 11.1. The molecule has 2 amide bonds. The number of rotatable bonds is 10. The number of aryl methyl sites for hydroxylation is 1. The van der Waals surface area contributed by atoms with Crippen molar-refractivity contribution >= 4 is 40.2 Å². The lowest BCUT2D eigenvalue weighted by atomic mass is 9.99. The van der Waals surface area contributed by atoms with Crippen LogP contribution in [0.5, 0.6) is 6.01 Å². The molecule has 0 spiro atoms. The number of allylic oxidation sites excluding steroid dienone is 1. The Balaban J connectivity index is 1.77. The van der Waals surface area contributed by atoms with Gasteiger partial charge < -0.3 is 30.9 Å². The number of urea groups is 1. The zero-order valence-electron chi connectivity index (χ0n) is 26.3. The second kappa shape index (κ2) is 14.9. The summed E-state index contributed by atoms with van der Waals surface area (Å²) in [5.74, 6) is 4.28. The summed E-state index contributed by atoms with van der Waals surface area (Å²) in [4.78, 5) is 30.2. The van der Waals surface area contributed by atoms with Crippen molar-refractivity contribution in [2.75, 3.05) is 63.6 Å². The van der Waals surface area contributed by atoms with Crippen LogP contribution in [-0.4, -0.2) is 95.1 Å². The number of nitrogens with zero attached hydrogens (tertiary/aromatic N) is 7. The number of hydrogen-bond donors (Lipinski definition) is 3. The van der Waals surface area contributed by atoms with Crippen molar-refractivity contribution in [1.82, 2.24) is 29.8 Å². The SMILES string of the molecule is CCCN(C)CCOc1nc(N2CCN(C(=O)N(N)/C=C(\N)C(F)F)CC2)c2cc(Cl)c(-c3nc(N)cc(C)c3C(F)(F)F)c(F)c2n1. The Hall–Kier alpha value is -4.29. The number of amides is 2. The zero-order valence-corrected chi connectivity index (χ0v) is 27.0. The number of hydrogen-bond acceptors (Lipinski definition) is 10. The van der Waals surface area contributed by atoms with Crippen molar-refractivity contribution < 1.29 is 35.9 Å². The molecule has 2 aromatic heterocycles. The molecule has 262 valence electrons. The van der Waals surface area contributed by atoms with E-state index in [4.69, 9.17) is 33.6 Å². The Labute approximate surface area is 277 Å². The summed E-state index contributed by atoms with van der Waals surface area (Å²) in [6.07, 6.45) is -6.41. The number of ether oxygens (including phenoxy) is 1. The molecule has 1 aromatic carbocycles. The number of nitrogens with two attached hydrogens (primary N) is 3. The van der Waals surface area contributed by atoms with Crippen LogP contribution in [0.1, 0.15) is 24.5 Å². The Morgan fingerprint density at radius 2 is 1.81 bits per heavy atom. The third-order valence-corrected chi connectivity index (χ3v) is 7.82. The van der Waals surface area contributed by atoms with E-state index in [1.54, 1.807) is 4.90 Å². The summed E-state index contributed by atoms with van der Waals surface area (Å²) >= 11 is 6.49. The van der Waals surface area contributed by atoms with Crippen molar-refractivity contribution in [3.8, 4) is 17.3 Å². The largest absolute Gasteiger partial charge is 0.462 e. The van der Waals surface area contributed by atoms with Crippen molar-refractivity contribution in [2.45, 2.75) is 32.9 Å². The molecule has 3 heterocycles. The van der Waals surface area contributed by atoms with Crippen molar-refractivity contribution in [2.24, 2.45) is 11.6 Å². The number of likely N-dealkylation sites (N-methyl/N-ethyl adjacent to an activating group) is 1. The molecule has 19 heteroatoms. The maximum atomic E-state index is 16.5. The van der Waals surface area contributed by atoms with Gasteiger partial charge in [0.25, 0.3) is 6.43 Å². The monoisotopic (exact) mass is 704 g/mol.